The number of rotatable bonds is 5. The zero-order valence-corrected chi connectivity index (χ0v) is 20.3. The van der Waals surface area contributed by atoms with Gasteiger partial charge in [0.2, 0.25) is 5.95 Å². The third-order valence-electron chi connectivity index (χ3n) is 5.36. The van der Waals surface area contributed by atoms with Crippen LogP contribution in [0.15, 0.2) is 55.0 Å². The molecule has 0 aliphatic heterocycles. The quantitative estimate of drug-likeness (QED) is 0.397. The van der Waals surface area contributed by atoms with Crippen LogP contribution in [0.2, 0.25) is 0 Å². The lowest BCUT2D eigenvalue weighted by Crippen LogP contribution is -2.27. The molecular formula is C26H27N7O2. The Morgan fingerprint density at radius 2 is 1.89 bits per heavy atom. The zero-order valence-electron chi connectivity index (χ0n) is 20.3. The van der Waals surface area contributed by atoms with Crippen molar-refractivity contribution < 1.29 is 9.53 Å². The van der Waals surface area contributed by atoms with Gasteiger partial charge in [-0.25, -0.2) is 19.7 Å². The van der Waals surface area contributed by atoms with Crippen LogP contribution in [-0.2, 0) is 4.74 Å². The van der Waals surface area contributed by atoms with Crippen molar-refractivity contribution >= 4 is 23.4 Å². The van der Waals surface area contributed by atoms with Crippen molar-refractivity contribution in [2.75, 3.05) is 10.6 Å². The highest BCUT2D eigenvalue weighted by Gasteiger charge is 2.20. The van der Waals surface area contributed by atoms with E-state index in [0.29, 0.717) is 34.2 Å². The van der Waals surface area contributed by atoms with Gasteiger partial charge in [-0.3, -0.25) is 9.72 Å². The second-order valence-electron chi connectivity index (χ2n) is 9.16. The minimum atomic E-state index is -0.604. The first kappa shape index (κ1) is 23.7. The van der Waals surface area contributed by atoms with E-state index in [0.717, 1.165) is 11.1 Å². The number of nitrogens with one attached hydrogen (secondary N) is 2. The van der Waals surface area contributed by atoms with E-state index in [4.69, 9.17) is 4.74 Å². The highest BCUT2D eigenvalue weighted by Crippen LogP contribution is 2.28. The van der Waals surface area contributed by atoms with Crippen molar-refractivity contribution in [2.24, 2.45) is 0 Å². The maximum Gasteiger partial charge on any atom is 0.412 e. The van der Waals surface area contributed by atoms with Crippen LogP contribution in [0.5, 0.6) is 0 Å². The van der Waals surface area contributed by atoms with Gasteiger partial charge in [-0.2, -0.15) is 5.26 Å². The van der Waals surface area contributed by atoms with Gasteiger partial charge < -0.3 is 10.1 Å². The molecule has 0 aliphatic carbocycles. The summed E-state index contributed by atoms with van der Waals surface area (Å²) in [5.41, 5.74) is 3.90. The predicted molar refractivity (Wildman–Crippen MR) is 134 cm³/mol. The summed E-state index contributed by atoms with van der Waals surface area (Å²) in [7, 11) is 0. The molecule has 0 bridgehead atoms. The van der Waals surface area contributed by atoms with Crippen LogP contribution in [0, 0.1) is 18.3 Å². The molecule has 1 amide bonds. The number of imidazole rings is 1. The van der Waals surface area contributed by atoms with Crippen molar-refractivity contribution in [3.05, 3.63) is 71.7 Å². The first-order valence-electron chi connectivity index (χ1n) is 11.2. The van der Waals surface area contributed by atoms with Gasteiger partial charge in [0, 0.05) is 11.8 Å². The molecular weight excluding hydrogens is 442 g/mol. The van der Waals surface area contributed by atoms with Crippen LogP contribution < -0.4 is 10.6 Å². The Bertz CT molecular complexity index is 1420. The molecule has 3 heterocycles. The van der Waals surface area contributed by atoms with Crippen molar-refractivity contribution in [2.45, 2.75) is 46.3 Å². The second kappa shape index (κ2) is 9.43. The first-order chi connectivity index (χ1) is 16.7. The van der Waals surface area contributed by atoms with Crippen molar-refractivity contribution in [1.29, 1.82) is 5.26 Å². The van der Waals surface area contributed by atoms with E-state index < -0.39 is 11.7 Å². The normalized spacial score (nSPS) is 12.1. The zero-order chi connectivity index (χ0) is 25.2. The number of pyridine rings is 1. The van der Waals surface area contributed by atoms with E-state index in [1.54, 1.807) is 18.5 Å². The SMILES string of the molecule is Cc1c(NC(=O)OC(C)(C)C)ccn2c(-c3nc(N[C@@H](C)c4ccccc4)ncc3C#N)cnc12. The summed E-state index contributed by atoms with van der Waals surface area (Å²) in [5.74, 6) is 0.408. The number of anilines is 2. The largest absolute Gasteiger partial charge is 0.444 e. The number of aryl methyl sites for hydroxylation is 1. The fourth-order valence-corrected chi connectivity index (χ4v) is 3.66. The topological polar surface area (TPSA) is 117 Å². The third kappa shape index (κ3) is 5.22. The van der Waals surface area contributed by atoms with E-state index in [2.05, 4.69) is 31.7 Å². The summed E-state index contributed by atoms with van der Waals surface area (Å²) in [5, 5.41) is 15.8. The monoisotopic (exact) mass is 469 g/mol. The maximum absolute atomic E-state index is 12.2. The smallest absolute Gasteiger partial charge is 0.412 e. The number of ether oxygens (including phenoxy) is 1. The highest BCUT2D eigenvalue weighted by atomic mass is 16.6. The number of nitriles is 1. The lowest BCUT2D eigenvalue weighted by atomic mass is 10.1. The maximum atomic E-state index is 12.2. The number of nitrogens with zero attached hydrogens (tertiary/aromatic N) is 5. The Hall–Kier alpha value is -4.45. The second-order valence-corrected chi connectivity index (χ2v) is 9.16. The Morgan fingerprint density at radius 3 is 2.57 bits per heavy atom. The minimum Gasteiger partial charge on any atom is -0.444 e. The van der Waals surface area contributed by atoms with Gasteiger partial charge in [-0.1, -0.05) is 30.3 Å². The molecule has 0 saturated heterocycles. The molecule has 0 unspecified atom stereocenters. The number of carbonyl (C=O) groups excluding carboxylic acids is 1. The van der Waals surface area contributed by atoms with E-state index >= 15 is 0 Å². The molecule has 35 heavy (non-hydrogen) atoms. The molecule has 0 radical (unpaired) electrons. The molecule has 178 valence electrons. The van der Waals surface area contributed by atoms with Crippen LogP contribution in [-0.4, -0.2) is 31.0 Å². The summed E-state index contributed by atoms with van der Waals surface area (Å²) in [4.78, 5) is 25.7. The summed E-state index contributed by atoms with van der Waals surface area (Å²) in [6, 6.07) is 13.9. The van der Waals surface area contributed by atoms with Crippen LogP contribution >= 0.6 is 0 Å². The van der Waals surface area contributed by atoms with E-state index in [1.165, 1.54) is 6.20 Å². The molecule has 1 aromatic carbocycles. The summed E-state index contributed by atoms with van der Waals surface area (Å²) < 4.78 is 7.19. The van der Waals surface area contributed by atoms with Gasteiger partial charge in [0.1, 0.15) is 23.0 Å². The Balaban J connectivity index is 1.67. The molecule has 0 aliphatic rings. The van der Waals surface area contributed by atoms with Crippen LogP contribution in [0.4, 0.5) is 16.4 Å². The van der Waals surface area contributed by atoms with Crippen molar-refractivity contribution in [3.63, 3.8) is 0 Å². The summed E-state index contributed by atoms with van der Waals surface area (Å²) in [6.07, 6.45) is 4.41. The number of hydrogen-bond donors (Lipinski definition) is 2. The molecule has 2 N–H and O–H groups in total. The van der Waals surface area contributed by atoms with Crippen molar-refractivity contribution in [1.82, 2.24) is 19.4 Å². The van der Waals surface area contributed by atoms with E-state index in [9.17, 15) is 10.1 Å². The number of fused-ring (bicyclic) bond motifs is 1. The lowest BCUT2D eigenvalue weighted by Gasteiger charge is -2.20. The number of hydrogen-bond acceptors (Lipinski definition) is 7. The molecule has 0 saturated carbocycles. The fraction of sp³-hybridized carbons (Fsp3) is 0.269. The molecule has 3 aromatic heterocycles. The Labute approximate surface area is 203 Å². The van der Waals surface area contributed by atoms with Gasteiger partial charge in [0.15, 0.2) is 0 Å². The Kier molecular flexibility index (Phi) is 6.38. The predicted octanol–water partition coefficient (Wildman–Crippen LogP) is 5.49. The van der Waals surface area contributed by atoms with Gasteiger partial charge >= 0.3 is 6.09 Å². The molecule has 9 nitrogen and oxygen atoms in total. The van der Waals surface area contributed by atoms with Crippen LogP contribution in [0.3, 0.4) is 0 Å². The average Bonchev–Trinajstić information content (AvgIpc) is 3.25. The Morgan fingerprint density at radius 1 is 1.14 bits per heavy atom. The van der Waals surface area contributed by atoms with E-state index in [-0.39, 0.29) is 6.04 Å². The van der Waals surface area contributed by atoms with Crippen molar-refractivity contribution in [3.8, 4) is 17.5 Å². The first-order valence-corrected chi connectivity index (χ1v) is 11.2. The summed E-state index contributed by atoms with van der Waals surface area (Å²) >= 11 is 0. The van der Waals surface area contributed by atoms with E-state index in [1.807, 2.05) is 69.4 Å². The third-order valence-corrected chi connectivity index (χ3v) is 5.36. The molecule has 9 heteroatoms. The standard InChI is InChI=1S/C26H27N7O2/c1-16-20(31-25(34)35-26(3,4)5)11-12-33-21(15-28-23(16)33)22-19(13-27)14-29-24(32-22)30-17(2)18-9-7-6-8-10-18/h6-12,14-15,17H,1-5H3,(H,31,34)(H,29,30,32)/t17-/m0/s1. The van der Waals surface area contributed by atoms with Gasteiger partial charge in [0.25, 0.3) is 0 Å². The van der Waals surface area contributed by atoms with Crippen LogP contribution in [0.1, 0.15) is 50.4 Å². The van der Waals surface area contributed by atoms with Gasteiger partial charge in [-0.15, -0.1) is 0 Å². The number of carbonyl (C=O) groups is 1. The van der Waals surface area contributed by atoms with Gasteiger partial charge in [0.05, 0.1) is 35.4 Å². The molecule has 4 aromatic rings. The van der Waals surface area contributed by atoms with Gasteiger partial charge in [-0.05, 0) is 46.2 Å². The lowest BCUT2D eigenvalue weighted by molar-refractivity contribution is 0.0636. The number of aromatic nitrogens is 4. The number of benzene rings is 1. The number of amides is 1. The highest BCUT2D eigenvalue weighted by molar-refractivity contribution is 5.87. The molecule has 0 spiro atoms. The summed E-state index contributed by atoms with van der Waals surface area (Å²) in [6.45, 7) is 9.30. The minimum absolute atomic E-state index is 0.0251. The fourth-order valence-electron chi connectivity index (χ4n) is 3.66. The average molecular weight is 470 g/mol. The molecule has 1 atom stereocenters. The molecule has 4 rings (SSSR count). The van der Waals surface area contributed by atoms with Crippen LogP contribution in [0.25, 0.3) is 17.0 Å². The molecule has 0 fully saturated rings.